The van der Waals surface area contributed by atoms with Gasteiger partial charge in [0.1, 0.15) is 11.5 Å². The molecule has 0 atom stereocenters. The monoisotopic (exact) mass is 242 g/mol. The third-order valence-corrected chi connectivity index (χ3v) is 4.41. The van der Waals surface area contributed by atoms with Crippen LogP contribution in [0.5, 0.6) is 0 Å². The molecule has 1 aromatic carbocycles. The van der Waals surface area contributed by atoms with E-state index in [-0.39, 0.29) is 0 Å². The lowest BCUT2D eigenvalue weighted by Gasteiger charge is -2.13. The fourth-order valence-corrected chi connectivity index (χ4v) is 2.45. The minimum atomic E-state index is 1.03. The summed E-state index contributed by atoms with van der Waals surface area (Å²) < 4.78 is 5.96. The fourth-order valence-electron chi connectivity index (χ4n) is 2.45. The van der Waals surface area contributed by atoms with E-state index in [1.54, 1.807) is 0 Å². The zero-order valence-corrected chi connectivity index (χ0v) is 12.5. The Morgan fingerprint density at radius 3 is 1.78 bits per heavy atom. The fraction of sp³-hybridized carbons (Fsp3) is 0.412. The number of hydrogen-bond donors (Lipinski definition) is 0. The zero-order chi connectivity index (χ0) is 13.6. The minimum Gasteiger partial charge on any atom is -0.461 e. The molecule has 0 bridgehead atoms. The molecule has 2 aromatic rings. The van der Waals surface area contributed by atoms with Gasteiger partial charge in [0.15, 0.2) is 0 Å². The lowest BCUT2D eigenvalue weighted by atomic mass is 9.92. The van der Waals surface area contributed by atoms with Crippen LogP contribution >= 0.6 is 0 Å². The van der Waals surface area contributed by atoms with Crippen LogP contribution in [0.3, 0.4) is 0 Å². The Morgan fingerprint density at radius 1 is 0.667 bits per heavy atom. The van der Waals surface area contributed by atoms with Gasteiger partial charge in [-0.3, -0.25) is 0 Å². The molecule has 1 heterocycles. The maximum Gasteiger partial charge on any atom is 0.137 e. The van der Waals surface area contributed by atoms with Gasteiger partial charge >= 0.3 is 0 Å². The van der Waals surface area contributed by atoms with Crippen molar-refractivity contribution in [1.29, 1.82) is 0 Å². The quantitative estimate of drug-likeness (QED) is 0.677. The molecule has 0 aliphatic rings. The molecular formula is C17H22O. The summed E-state index contributed by atoms with van der Waals surface area (Å²) in [4.78, 5) is 0. The first-order valence-corrected chi connectivity index (χ1v) is 6.49. The lowest BCUT2D eigenvalue weighted by molar-refractivity contribution is 0.544. The van der Waals surface area contributed by atoms with Gasteiger partial charge in [-0.1, -0.05) is 0 Å². The van der Waals surface area contributed by atoms with E-state index < -0.39 is 0 Å². The molecule has 0 unspecified atom stereocenters. The Labute approximate surface area is 110 Å². The highest BCUT2D eigenvalue weighted by molar-refractivity contribution is 5.70. The Bertz CT molecular complexity index is 615. The van der Waals surface area contributed by atoms with Gasteiger partial charge in [-0.15, -0.1) is 0 Å². The summed E-state index contributed by atoms with van der Waals surface area (Å²) in [5.74, 6) is 2.06. The molecule has 2 rings (SSSR count). The first-order chi connectivity index (χ1) is 8.34. The van der Waals surface area contributed by atoms with E-state index in [0.717, 1.165) is 11.5 Å². The van der Waals surface area contributed by atoms with Crippen molar-refractivity contribution < 1.29 is 4.42 Å². The number of benzene rings is 1. The van der Waals surface area contributed by atoms with E-state index in [1.165, 1.54) is 38.9 Å². The van der Waals surface area contributed by atoms with E-state index >= 15 is 0 Å². The molecule has 0 saturated carbocycles. The van der Waals surface area contributed by atoms with Gasteiger partial charge in [0.05, 0.1) is 0 Å². The van der Waals surface area contributed by atoms with Gasteiger partial charge in [0, 0.05) is 5.56 Å². The Hall–Kier alpha value is -1.50. The lowest BCUT2D eigenvalue weighted by Crippen LogP contribution is -1.94. The molecule has 18 heavy (non-hydrogen) atoms. The molecule has 0 amide bonds. The Balaban J connectivity index is 2.76. The molecule has 0 aliphatic heterocycles. The Kier molecular flexibility index (Phi) is 3.10. The second-order valence-corrected chi connectivity index (χ2v) is 5.35. The number of furan rings is 1. The summed E-state index contributed by atoms with van der Waals surface area (Å²) in [6, 6.07) is 2.25. The van der Waals surface area contributed by atoms with Crippen LogP contribution in [0.25, 0.3) is 11.3 Å². The van der Waals surface area contributed by atoms with Crippen LogP contribution in [0.1, 0.15) is 39.1 Å². The molecule has 0 aliphatic carbocycles. The largest absolute Gasteiger partial charge is 0.461 e. The standard InChI is InChI=1S/C17H22O/c1-9-8-16(13(5)11(3)10(9)2)17-14(6)12(4)15(7)18-17/h8H,1-7H3. The van der Waals surface area contributed by atoms with Crippen molar-refractivity contribution in [2.24, 2.45) is 0 Å². The molecule has 1 heteroatoms. The molecular weight excluding hydrogens is 220 g/mol. The normalized spacial score (nSPS) is 11.1. The van der Waals surface area contributed by atoms with Crippen molar-refractivity contribution >= 4 is 0 Å². The summed E-state index contributed by atoms with van der Waals surface area (Å²) in [5, 5.41) is 0. The molecule has 1 nitrogen and oxygen atoms in total. The van der Waals surface area contributed by atoms with E-state index in [2.05, 4.69) is 47.6 Å². The summed E-state index contributed by atoms with van der Waals surface area (Å²) in [7, 11) is 0. The van der Waals surface area contributed by atoms with Crippen LogP contribution < -0.4 is 0 Å². The predicted molar refractivity (Wildman–Crippen MR) is 77.3 cm³/mol. The second-order valence-electron chi connectivity index (χ2n) is 5.35. The third-order valence-electron chi connectivity index (χ3n) is 4.41. The highest BCUT2D eigenvalue weighted by Crippen LogP contribution is 2.35. The van der Waals surface area contributed by atoms with E-state index in [4.69, 9.17) is 4.42 Å². The topological polar surface area (TPSA) is 13.1 Å². The van der Waals surface area contributed by atoms with E-state index in [0.29, 0.717) is 0 Å². The first kappa shape index (κ1) is 12.9. The summed E-state index contributed by atoms with van der Waals surface area (Å²) in [5.41, 5.74) is 9.18. The van der Waals surface area contributed by atoms with Crippen LogP contribution in [0, 0.1) is 48.5 Å². The molecule has 0 fully saturated rings. The highest BCUT2D eigenvalue weighted by Gasteiger charge is 2.16. The highest BCUT2D eigenvalue weighted by atomic mass is 16.3. The van der Waals surface area contributed by atoms with Gasteiger partial charge in [-0.05, 0) is 87.9 Å². The summed E-state index contributed by atoms with van der Waals surface area (Å²) >= 11 is 0. The summed E-state index contributed by atoms with van der Waals surface area (Å²) in [6.45, 7) is 15.0. The van der Waals surface area contributed by atoms with Crippen LogP contribution in [-0.2, 0) is 0 Å². The zero-order valence-electron chi connectivity index (χ0n) is 12.5. The molecule has 0 spiro atoms. The van der Waals surface area contributed by atoms with Gasteiger partial charge < -0.3 is 4.42 Å². The molecule has 0 saturated heterocycles. The van der Waals surface area contributed by atoms with Crippen LogP contribution in [0.15, 0.2) is 10.5 Å². The van der Waals surface area contributed by atoms with Crippen molar-refractivity contribution in [2.75, 3.05) is 0 Å². The van der Waals surface area contributed by atoms with E-state index in [9.17, 15) is 0 Å². The number of rotatable bonds is 1. The van der Waals surface area contributed by atoms with Gasteiger partial charge in [-0.2, -0.15) is 0 Å². The maximum absolute atomic E-state index is 5.96. The first-order valence-electron chi connectivity index (χ1n) is 6.49. The van der Waals surface area contributed by atoms with Crippen molar-refractivity contribution in [3.63, 3.8) is 0 Å². The van der Waals surface area contributed by atoms with Crippen LogP contribution in [-0.4, -0.2) is 0 Å². The second kappa shape index (κ2) is 4.31. The van der Waals surface area contributed by atoms with Crippen molar-refractivity contribution in [2.45, 2.75) is 48.5 Å². The molecule has 0 radical (unpaired) electrons. The Morgan fingerprint density at radius 2 is 1.28 bits per heavy atom. The van der Waals surface area contributed by atoms with Crippen molar-refractivity contribution in [3.8, 4) is 11.3 Å². The van der Waals surface area contributed by atoms with Crippen LogP contribution in [0.2, 0.25) is 0 Å². The molecule has 96 valence electrons. The van der Waals surface area contributed by atoms with Crippen LogP contribution in [0.4, 0.5) is 0 Å². The van der Waals surface area contributed by atoms with Crippen molar-refractivity contribution in [1.82, 2.24) is 0 Å². The SMILES string of the molecule is Cc1cc(-c2oc(C)c(C)c2C)c(C)c(C)c1C. The van der Waals surface area contributed by atoms with E-state index in [1.807, 2.05) is 6.92 Å². The average molecular weight is 242 g/mol. The maximum atomic E-state index is 5.96. The number of aryl methyl sites for hydroxylation is 2. The molecule has 0 N–H and O–H groups in total. The minimum absolute atomic E-state index is 1.03. The number of hydrogen-bond acceptors (Lipinski definition) is 1. The average Bonchev–Trinajstić information content (AvgIpc) is 2.59. The molecule has 1 aromatic heterocycles. The van der Waals surface area contributed by atoms with Gasteiger partial charge in [-0.25, -0.2) is 0 Å². The van der Waals surface area contributed by atoms with Crippen molar-refractivity contribution in [3.05, 3.63) is 45.2 Å². The van der Waals surface area contributed by atoms with Gasteiger partial charge in [0.2, 0.25) is 0 Å². The summed E-state index contributed by atoms with van der Waals surface area (Å²) in [6.07, 6.45) is 0. The van der Waals surface area contributed by atoms with Gasteiger partial charge in [0.25, 0.3) is 0 Å². The smallest absolute Gasteiger partial charge is 0.137 e. The predicted octanol–water partition coefficient (Wildman–Crippen LogP) is 5.11. The third kappa shape index (κ3) is 1.78.